The Morgan fingerprint density at radius 3 is 2.50 bits per heavy atom. The van der Waals surface area contributed by atoms with Gasteiger partial charge >= 0.3 is 0 Å². The number of benzene rings is 1. The molecule has 114 valence electrons. The quantitative estimate of drug-likeness (QED) is 0.843. The van der Waals surface area contributed by atoms with E-state index in [0.717, 1.165) is 0 Å². The summed E-state index contributed by atoms with van der Waals surface area (Å²) in [6.45, 7) is 6.55. The van der Waals surface area contributed by atoms with Crippen LogP contribution in [0.15, 0.2) is 18.2 Å². The third kappa shape index (κ3) is 5.67. The summed E-state index contributed by atoms with van der Waals surface area (Å²) in [5.74, 6) is 0.988. The lowest BCUT2D eigenvalue weighted by Gasteiger charge is -2.19. The smallest absolute Gasteiger partial charge is 0.251 e. The maximum Gasteiger partial charge on any atom is 0.251 e. The minimum atomic E-state index is -0.439. The molecule has 0 aliphatic carbocycles. The van der Waals surface area contributed by atoms with Crippen LogP contribution in [0, 0.1) is 0 Å². The zero-order valence-electron chi connectivity index (χ0n) is 12.4. The molecule has 5 nitrogen and oxygen atoms in total. The highest BCUT2D eigenvalue weighted by Gasteiger charge is 2.15. The number of hydrogen-bond acceptors (Lipinski definition) is 4. The molecule has 1 aromatic carbocycles. The molecule has 6 heteroatoms. The van der Waals surface area contributed by atoms with Crippen molar-refractivity contribution < 1.29 is 14.3 Å². The van der Waals surface area contributed by atoms with Gasteiger partial charge in [0.15, 0.2) is 11.5 Å². The van der Waals surface area contributed by atoms with E-state index < -0.39 is 5.54 Å². The fourth-order valence-corrected chi connectivity index (χ4v) is 1.49. The molecule has 0 unspecified atom stereocenters. The van der Waals surface area contributed by atoms with E-state index in [2.05, 4.69) is 5.32 Å². The van der Waals surface area contributed by atoms with Crippen molar-refractivity contribution in [3.8, 4) is 11.5 Å². The van der Waals surface area contributed by atoms with Crippen molar-refractivity contribution in [1.82, 2.24) is 5.32 Å². The van der Waals surface area contributed by atoms with Crippen LogP contribution in [0.5, 0.6) is 11.5 Å². The van der Waals surface area contributed by atoms with E-state index in [4.69, 9.17) is 15.2 Å². The number of amides is 1. The van der Waals surface area contributed by atoms with Crippen molar-refractivity contribution in [2.24, 2.45) is 5.73 Å². The molecule has 0 aliphatic rings. The first-order valence-electron chi connectivity index (χ1n) is 6.25. The van der Waals surface area contributed by atoms with Gasteiger partial charge in [-0.15, -0.1) is 12.4 Å². The summed E-state index contributed by atoms with van der Waals surface area (Å²) >= 11 is 0. The van der Waals surface area contributed by atoms with Gasteiger partial charge in [0.25, 0.3) is 5.91 Å². The SMILES string of the molecule is CCOc1ccc(C(=O)NCC(C)(C)N)cc1OC.Cl. The standard InChI is InChI=1S/C14H22N2O3.ClH/c1-5-19-11-7-6-10(8-12(11)18-4)13(17)16-9-14(2,3)15;/h6-8H,5,9,15H2,1-4H3,(H,16,17);1H. The second kappa shape index (κ2) is 7.97. The lowest BCUT2D eigenvalue weighted by atomic mass is 10.1. The van der Waals surface area contributed by atoms with Crippen LogP contribution < -0.4 is 20.5 Å². The summed E-state index contributed by atoms with van der Waals surface area (Å²) in [4.78, 5) is 12.0. The predicted octanol–water partition coefficient (Wildman–Crippen LogP) is 1.98. The van der Waals surface area contributed by atoms with Crippen LogP contribution in [0.3, 0.4) is 0 Å². The zero-order valence-corrected chi connectivity index (χ0v) is 13.2. The van der Waals surface area contributed by atoms with Crippen LogP contribution >= 0.6 is 12.4 Å². The molecular formula is C14H23ClN2O3. The summed E-state index contributed by atoms with van der Waals surface area (Å²) < 4.78 is 10.6. The Labute approximate surface area is 126 Å². The Balaban J connectivity index is 0.00000361. The van der Waals surface area contributed by atoms with Gasteiger partial charge in [-0.1, -0.05) is 0 Å². The van der Waals surface area contributed by atoms with Gasteiger partial charge in [-0.2, -0.15) is 0 Å². The second-order valence-corrected chi connectivity index (χ2v) is 4.97. The number of rotatable bonds is 6. The highest BCUT2D eigenvalue weighted by atomic mass is 35.5. The van der Waals surface area contributed by atoms with Crippen molar-refractivity contribution in [2.75, 3.05) is 20.3 Å². The van der Waals surface area contributed by atoms with Crippen molar-refractivity contribution in [3.63, 3.8) is 0 Å². The van der Waals surface area contributed by atoms with Crippen molar-refractivity contribution in [2.45, 2.75) is 26.3 Å². The maximum atomic E-state index is 12.0. The highest BCUT2D eigenvalue weighted by molar-refractivity contribution is 5.94. The minimum absolute atomic E-state index is 0. The third-order valence-corrected chi connectivity index (χ3v) is 2.43. The number of ether oxygens (including phenoxy) is 2. The van der Waals surface area contributed by atoms with Crippen LogP contribution in [-0.2, 0) is 0 Å². The normalized spacial score (nSPS) is 10.4. The summed E-state index contributed by atoms with van der Waals surface area (Å²) in [7, 11) is 1.54. The van der Waals surface area contributed by atoms with Crippen LogP contribution in [0.1, 0.15) is 31.1 Å². The molecule has 20 heavy (non-hydrogen) atoms. The zero-order chi connectivity index (χ0) is 14.5. The topological polar surface area (TPSA) is 73.6 Å². The van der Waals surface area contributed by atoms with Gasteiger partial charge < -0.3 is 20.5 Å². The number of carbonyl (C=O) groups excluding carboxylic acids is 1. The first-order chi connectivity index (χ1) is 8.87. The molecule has 0 aliphatic heterocycles. The van der Waals surface area contributed by atoms with Crippen LogP contribution in [-0.4, -0.2) is 31.7 Å². The van der Waals surface area contributed by atoms with Gasteiger partial charge in [0.1, 0.15) is 0 Å². The van der Waals surface area contributed by atoms with Crippen LogP contribution in [0.25, 0.3) is 0 Å². The molecule has 0 saturated heterocycles. The molecule has 0 spiro atoms. The molecule has 0 fully saturated rings. The molecule has 1 amide bonds. The number of methoxy groups -OCH3 is 1. The summed E-state index contributed by atoms with van der Waals surface area (Å²) in [5.41, 5.74) is 5.90. The summed E-state index contributed by atoms with van der Waals surface area (Å²) in [6.07, 6.45) is 0. The maximum absolute atomic E-state index is 12.0. The summed E-state index contributed by atoms with van der Waals surface area (Å²) in [6, 6.07) is 5.08. The van der Waals surface area contributed by atoms with Gasteiger partial charge in [-0.25, -0.2) is 0 Å². The molecule has 0 radical (unpaired) electrons. The fourth-order valence-electron chi connectivity index (χ4n) is 1.49. The second-order valence-electron chi connectivity index (χ2n) is 4.97. The lowest BCUT2D eigenvalue weighted by molar-refractivity contribution is 0.0945. The number of carbonyl (C=O) groups is 1. The van der Waals surface area contributed by atoms with E-state index in [0.29, 0.717) is 30.2 Å². The average Bonchev–Trinajstić information content (AvgIpc) is 2.36. The molecule has 0 atom stereocenters. The van der Waals surface area contributed by atoms with E-state index in [-0.39, 0.29) is 18.3 Å². The van der Waals surface area contributed by atoms with Gasteiger partial charge in [-0.05, 0) is 39.0 Å². The van der Waals surface area contributed by atoms with E-state index in [1.165, 1.54) is 0 Å². The van der Waals surface area contributed by atoms with E-state index >= 15 is 0 Å². The Bertz CT molecular complexity index is 445. The minimum Gasteiger partial charge on any atom is -0.493 e. The van der Waals surface area contributed by atoms with Crippen molar-refractivity contribution >= 4 is 18.3 Å². The van der Waals surface area contributed by atoms with E-state index in [1.54, 1.807) is 25.3 Å². The van der Waals surface area contributed by atoms with E-state index in [9.17, 15) is 4.79 Å². The monoisotopic (exact) mass is 302 g/mol. The van der Waals surface area contributed by atoms with Crippen LogP contribution in [0.4, 0.5) is 0 Å². The summed E-state index contributed by atoms with van der Waals surface area (Å²) in [5, 5.41) is 2.78. The molecule has 0 saturated carbocycles. The van der Waals surface area contributed by atoms with Crippen molar-refractivity contribution in [3.05, 3.63) is 23.8 Å². The Hall–Kier alpha value is -1.46. The Morgan fingerprint density at radius 1 is 1.35 bits per heavy atom. The van der Waals surface area contributed by atoms with Crippen LogP contribution in [0.2, 0.25) is 0 Å². The lowest BCUT2D eigenvalue weighted by Crippen LogP contribution is -2.45. The van der Waals surface area contributed by atoms with Gasteiger partial charge in [0.2, 0.25) is 0 Å². The molecular weight excluding hydrogens is 280 g/mol. The molecule has 0 heterocycles. The average molecular weight is 303 g/mol. The molecule has 1 aromatic rings. The largest absolute Gasteiger partial charge is 0.493 e. The third-order valence-electron chi connectivity index (χ3n) is 2.43. The van der Waals surface area contributed by atoms with E-state index in [1.807, 2.05) is 20.8 Å². The molecule has 0 aromatic heterocycles. The molecule has 3 N–H and O–H groups in total. The molecule has 1 rings (SSSR count). The van der Waals surface area contributed by atoms with Gasteiger partial charge in [0.05, 0.1) is 13.7 Å². The fraction of sp³-hybridized carbons (Fsp3) is 0.500. The highest BCUT2D eigenvalue weighted by Crippen LogP contribution is 2.27. The predicted molar refractivity (Wildman–Crippen MR) is 82.0 cm³/mol. The number of nitrogens with two attached hydrogens (primary N) is 1. The number of hydrogen-bond donors (Lipinski definition) is 2. The first kappa shape index (κ1) is 18.5. The van der Waals surface area contributed by atoms with Gasteiger partial charge in [0, 0.05) is 17.6 Å². The first-order valence-corrected chi connectivity index (χ1v) is 6.25. The molecule has 0 bridgehead atoms. The Morgan fingerprint density at radius 2 is 2.00 bits per heavy atom. The van der Waals surface area contributed by atoms with Gasteiger partial charge in [-0.3, -0.25) is 4.79 Å². The Kier molecular flexibility index (Phi) is 7.39. The number of nitrogens with one attached hydrogen (secondary N) is 1. The van der Waals surface area contributed by atoms with Crippen molar-refractivity contribution in [1.29, 1.82) is 0 Å². The number of halogens is 1.